The van der Waals surface area contributed by atoms with E-state index in [9.17, 15) is 4.79 Å². The average molecular weight is 388 g/mol. The molecule has 0 spiro atoms. The number of rotatable bonds is 4. The number of H-pyrrole nitrogens is 1. The van der Waals surface area contributed by atoms with Gasteiger partial charge in [0.2, 0.25) is 0 Å². The number of nitrogens with zero attached hydrogens (tertiary/aromatic N) is 7. The van der Waals surface area contributed by atoms with E-state index in [0.29, 0.717) is 18.8 Å². The number of piperazine rings is 1. The summed E-state index contributed by atoms with van der Waals surface area (Å²) in [7, 11) is 0. The molecule has 0 aliphatic carbocycles. The molecule has 9 heteroatoms. The Morgan fingerprint density at radius 2 is 1.93 bits per heavy atom. The van der Waals surface area contributed by atoms with Crippen LogP contribution in [0.3, 0.4) is 0 Å². The van der Waals surface area contributed by atoms with E-state index in [2.05, 4.69) is 48.6 Å². The number of amides is 1. The van der Waals surface area contributed by atoms with Crippen LogP contribution in [0.15, 0.2) is 55.0 Å². The van der Waals surface area contributed by atoms with Gasteiger partial charge >= 0.3 is 0 Å². The fraction of sp³-hybridized carbons (Fsp3) is 0.250. The van der Waals surface area contributed by atoms with Crippen LogP contribution in [0, 0.1) is 0 Å². The Morgan fingerprint density at radius 3 is 2.66 bits per heavy atom. The summed E-state index contributed by atoms with van der Waals surface area (Å²) in [6, 6.07) is 14.0. The van der Waals surface area contributed by atoms with Gasteiger partial charge in [0.15, 0.2) is 0 Å². The lowest BCUT2D eigenvalue weighted by Crippen LogP contribution is -2.48. The van der Waals surface area contributed by atoms with E-state index in [1.54, 1.807) is 18.3 Å². The first-order valence-electron chi connectivity index (χ1n) is 9.54. The van der Waals surface area contributed by atoms with E-state index in [4.69, 9.17) is 0 Å². The van der Waals surface area contributed by atoms with Crippen molar-refractivity contribution in [1.29, 1.82) is 0 Å². The zero-order valence-corrected chi connectivity index (χ0v) is 15.8. The Hall–Kier alpha value is -3.59. The van der Waals surface area contributed by atoms with E-state index in [1.807, 2.05) is 17.0 Å². The number of tetrazole rings is 1. The summed E-state index contributed by atoms with van der Waals surface area (Å²) < 4.78 is 1.50. The number of carbonyl (C=O) groups excluding carboxylic acids is 1. The second kappa shape index (κ2) is 7.44. The molecular weight excluding hydrogens is 368 g/mol. The van der Waals surface area contributed by atoms with Crippen molar-refractivity contribution < 1.29 is 4.79 Å². The number of carbonyl (C=O) groups is 1. The van der Waals surface area contributed by atoms with Crippen LogP contribution in [0.5, 0.6) is 0 Å². The molecule has 1 N–H and O–H groups in total. The van der Waals surface area contributed by atoms with Gasteiger partial charge in [-0.25, -0.2) is 4.98 Å². The van der Waals surface area contributed by atoms with Gasteiger partial charge in [-0.3, -0.25) is 9.69 Å². The Kier molecular flexibility index (Phi) is 4.49. The van der Waals surface area contributed by atoms with Gasteiger partial charge in [-0.2, -0.15) is 4.68 Å². The fourth-order valence-electron chi connectivity index (χ4n) is 3.66. The minimum absolute atomic E-state index is 0.0430. The van der Waals surface area contributed by atoms with E-state index < -0.39 is 0 Å². The van der Waals surface area contributed by atoms with E-state index in [0.717, 1.165) is 30.8 Å². The van der Waals surface area contributed by atoms with Gasteiger partial charge in [0, 0.05) is 43.9 Å². The number of aromatic nitrogens is 6. The van der Waals surface area contributed by atoms with Crippen LogP contribution >= 0.6 is 0 Å². The molecule has 1 aromatic carbocycles. The first-order chi connectivity index (χ1) is 14.3. The molecule has 0 saturated carbocycles. The fourth-order valence-corrected chi connectivity index (χ4v) is 3.66. The molecule has 1 saturated heterocycles. The number of nitrogens with one attached hydrogen (secondary N) is 1. The number of pyridine rings is 1. The summed E-state index contributed by atoms with van der Waals surface area (Å²) in [5, 5.41) is 12.3. The largest absolute Gasteiger partial charge is 0.357 e. The van der Waals surface area contributed by atoms with Crippen molar-refractivity contribution in [2.24, 2.45) is 0 Å². The van der Waals surface area contributed by atoms with Crippen LogP contribution in [-0.4, -0.2) is 72.1 Å². The monoisotopic (exact) mass is 388 g/mol. The van der Waals surface area contributed by atoms with E-state index >= 15 is 0 Å². The average Bonchev–Trinajstić information content (AvgIpc) is 3.43. The molecule has 1 amide bonds. The van der Waals surface area contributed by atoms with Gasteiger partial charge in [0.1, 0.15) is 12.0 Å². The molecule has 5 rings (SSSR count). The van der Waals surface area contributed by atoms with Gasteiger partial charge in [-0.05, 0) is 40.1 Å². The standard InChI is InChI=1S/C20H20N8O/c29-20(19-6-5-17(12-21-19)28-14-22-24-25-28)27-9-7-26(8-10-27)13-16-11-15-3-1-2-4-18(15)23-16/h1-6,11-12,14,23H,7-10,13H2. The highest BCUT2D eigenvalue weighted by Crippen LogP contribution is 2.17. The summed E-state index contributed by atoms with van der Waals surface area (Å²) in [4.78, 5) is 24.8. The van der Waals surface area contributed by atoms with Crippen molar-refractivity contribution in [2.45, 2.75) is 6.54 Å². The van der Waals surface area contributed by atoms with Crippen molar-refractivity contribution >= 4 is 16.8 Å². The maximum absolute atomic E-state index is 12.8. The molecule has 1 aliphatic heterocycles. The van der Waals surface area contributed by atoms with Gasteiger partial charge < -0.3 is 9.88 Å². The zero-order valence-electron chi connectivity index (χ0n) is 15.8. The molecule has 0 unspecified atom stereocenters. The number of para-hydroxylation sites is 1. The molecule has 4 heterocycles. The van der Waals surface area contributed by atoms with Gasteiger partial charge in [0.05, 0.1) is 11.9 Å². The van der Waals surface area contributed by atoms with Gasteiger partial charge in [-0.1, -0.05) is 18.2 Å². The molecular formula is C20H20N8O. The third-order valence-corrected chi connectivity index (χ3v) is 5.22. The maximum Gasteiger partial charge on any atom is 0.272 e. The second-order valence-electron chi connectivity index (χ2n) is 7.11. The predicted molar refractivity (Wildman–Crippen MR) is 106 cm³/mol. The first kappa shape index (κ1) is 17.5. The second-order valence-corrected chi connectivity index (χ2v) is 7.11. The number of hydrogen-bond acceptors (Lipinski definition) is 6. The van der Waals surface area contributed by atoms with Crippen LogP contribution in [-0.2, 0) is 6.54 Å². The smallest absolute Gasteiger partial charge is 0.272 e. The molecule has 0 bridgehead atoms. The molecule has 1 aliphatic rings. The van der Waals surface area contributed by atoms with Crippen molar-refractivity contribution in [1.82, 2.24) is 40.0 Å². The van der Waals surface area contributed by atoms with Crippen LogP contribution in [0.1, 0.15) is 16.2 Å². The minimum atomic E-state index is -0.0430. The minimum Gasteiger partial charge on any atom is -0.357 e. The van der Waals surface area contributed by atoms with Gasteiger partial charge in [-0.15, -0.1) is 5.10 Å². The van der Waals surface area contributed by atoms with Gasteiger partial charge in [0.25, 0.3) is 5.91 Å². The SMILES string of the molecule is O=C(c1ccc(-n2cnnn2)cn1)N1CCN(Cc2cc3ccccc3[nH]2)CC1. The highest BCUT2D eigenvalue weighted by atomic mass is 16.2. The third-order valence-electron chi connectivity index (χ3n) is 5.22. The summed E-state index contributed by atoms with van der Waals surface area (Å²) >= 11 is 0. The Balaban J connectivity index is 1.19. The maximum atomic E-state index is 12.8. The number of fused-ring (bicyclic) bond motifs is 1. The Morgan fingerprint density at radius 1 is 1.07 bits per heavy atom. The Labute approximate surface area is 167 Å². The summed E-state index contributed by atoms with van der Waals surface area (Å²) in [5.74, 6) is -0.0430. The molecule has 1 fully saturated rings. The molecule has 146 valence electrons. The topological polar surface area (TPSA) is 95.8 Å². The van der Waals surface area contributed by atoms with Crippen LogP contribution in [0.4, 0.5) is 0 Å². The molecule has 29 heavy (non-hydrogen) atoms. The summed E-state index contributed by atoms with van der Waals surface area (Å²) in [5.41, 5.74) is 3.51. The number of benzene rings is 1. The number of aromatic amines is 1. The Bertz CT molecular complexity index is 1080. The summed E-state index contributed by atoms with van der Waals surface area (Å²) in [6.45, 7) is 3.91. The lowest BCUT2D eigenvalue weighted by atomic mass is 10.2. The highest BCUT2D eigenvalue weighted by Gasteiger charge is 2.23. The van der Waals surface area contributed by atoms with Crippen molar-refractivity contribution in [3.63, 3.8) is 0 Å². The molecule has 0 atom stereocenters. The summed E-state index contributed by atoms with van der Waals surface area (Å²) in [6.07, 6.45) is 3.10. The molecule has 4 aromatic rings. The van der Waals surface area contributed by atoms with Crippen LogP contribution < -0.4 is 0 Å². The number of hydrogen-bond donors (Lipinski definition) is 1. The third kappa shape index (κ3) is 3.59. The molecule has 0 radical (unpaired) electrons. The van der Waals surface area contributed by atoms with Crippen LogP contribution in [0.25, 0.3) is 16.6 Å². The lowest BCUT2D eigenvalue weighted by molar-refractivity contribution is 0.0621. The van der Waals surface area contributed by atoms with Crippen molar-refractivity contribution in [3.8, 4) is 5.69 Å². The van der Waals surface area contributed by atoms with Crippen LogP contribution in [0.2, 0.25) is 0 Å². The quantitative estimate of drug-likeness (QED) is 0.569. The highest BCUT2D eigenvalue weighted by molar-refractivity contribution is 5.92. The van der Waals surface area contributed by atoms with Crippen molar-refractivity contribution in [2.75, 3.05) is 26.2 Å². The van der Waals surface area contributed by atoms with E-state index in [-0.39, 0.29) is 5.91 Å². The molecule has 9 nitrogen and oxygen atoms in total. The first-order valence-corrected chi connectivity index (χ1v) is 9.54. The normalized spacial score (nSPS) is 15.1. The van der Waals surface area contributed by atoms with Crippen molar-refractivity contribution in [3.05, 3.63) is 66.4 Å². The zero-order chi connectivity index (χ0) is 19.6. The predicted octanol–water partition coefficient (Wildman–Crippen LogP) is 1.50. The van der Waals surface area contributed by atoms with E-state index in [1.165, 1.54) is 22.1 Å². The molecule has 3 aromatic heterocycles. The lowest BCUT2D eigenvalue weighted by Gasteiger charge is -2.34.